The molecule has 17 heavy (non-hydrogen) atoms. The van der Waals surface area contributed by atoms with Crippen molar-refractivity contribution in [2.45, 2.75) is 64.0 Å². The molecule has 3 unspecified atom stereocenters. The molecule has 2 heterocycles. The van der Waals surface area contributed by atoms with Gasteiger partial charge >= 0.3 is 0 Å². The standard InChI is InChI=1S/C13H25NO3/c1-10(2)14-7-4-3-5-12(14)13-16-9-11(17-13)6-8-15/h10-13,15H,3-9H2,1-2H3. The fraction of sp³-hybridized carbons (Fsp3) is 1.00. The van der Waals surface area contributed by atoms with Gasteiger partial charge in [-0.25, -0.2) is 0 Å². The molecule has 0 saturated carbocycles. The number of aliphatic hydroxyl groups is 1. The summed E-state index contributed by atoms with van der Waals surface area (Å²) in [6, 6.07) is 0.942. The van der Waals surface area contributed by atoms with Gasteiger partial charge in [0.2, 0.25) is 0 Å². The van der Waals surface area contributed by atoms with Crippen LogP contribution in [0, 0.1) is 0 Å². The molecule has 2 aliphatic rings. The number of hydrogen-bond donors (Lipinski definition) is 1. The molecule has 4 heteroatoms. The number of aliphatic hydroxyl groups excluding tert-OH is 1. The minimum Gasteiger partial charge on any atom is -0.396 e. The maximum absolute atomic E-state index is 8.92. The lowest BCUT2D eigenvalue weighted by atomic mass is 10.00. The first-order valence-electron chi connectivity index (χ1n) is 6.86. The summed E-state index contributed by atoms with van der Waals surface area (Å²) in [5, 5.41) is 8.92. The normalized spacial score (nSPS) is 35.6. The minimum absolute atomic E-state index is 0.0842. The molecule has 3 atom stereocenters. The first kappa shape index (κ1) is 13.3. The molecule has 0 radical (unpaired) electrons. The van der Waals surface area contributed by atoms with Crippen molar-refractivity contribution in [1.29, 1.82) is 0 Å². The number of nitrogens with zero attached hydrogens (tertiary/aromatic N) is 1. The van der Waals surface area contributed by atoms with Gasteiger partial charge in [-0.3, -0.25) is 4.90 Å². The second-order valence-corrected chi connectivity index (χ2v) is 5.37. The zero-order chi connectivity index (χ0) is 12.3. The van der Waals surface area contributed by atoms with Crippen LogP contribution in [-0.4, -0.2) is 54.2 Å². The number of likely N-dealkylation sites (tertiary alicyclic amines) is 1. The molecule has 2 rings (SSSR count). The average molecular weight is 243 g/mol. The van der Waals surface area contributed by atoms with Crippen molar-refractivity contribution in [3.05, 3.63) is 0 Å². The highest BCUT2D eigenvalue weighted by molar-refractivity contribution is 4.84. The quantitative estimate of drug-likeness (QED) is 0.810. The van der Waals surface area contributed by atoms with Crippen molar-refractivity contribution < 1.29 is 14.6 Å². The van der Waals surface area contributed by atoms with Crippen molar-refractivity contribution in [1.82, 2.24) is 4.90 Å². The highest BCUT2D eigenvalue weighted by Gasteiger charge is 2.37. The van der Waals surface area contributed by atoms with Crippen LogP contribution in [0.3, 0.4) is 0 Å². The molecule has 1 N–H and O–H groups in total. The van der Waals surface area contributed by atoms with E-state index in [4.69, 9.17) is 14.6 Å². The van der Waals surface area contributed by atoms with Gasteiger partial charge in [0.15, 0.2) is 6.29 Å². The van der Waals surface area contributed by atoms with Gasteiger partial charge in [-0.1, -0.05) is 6.42 Å². The van der Waals surface area contributed by atoms with Crippen LogP contribution >= 0.6 is 0 Å². The van der Waals surface area contributed by atoms with Gasteiger partial charge < -0.3 is 14.6 Å². The van der Waals surface area contributed by atoms with Crippen LogP contribution in [0.1, 0.15) is 39.5 Å². The Kier molecular flexibility index (Phi) is 4.79. The maximum Gasteiger partial charge on any atom is 0.173 e. The Morgan fingerprint density at radius 1 is 1.35 bits per heavy atom. The molecule has 0 amide bonds. The van der Waals surface area contributed by atoms with Crippen molar-refractivity contribution in [3.63, 3.8) is 0 Å². The summed E-state index contributed by atoms with van der Waals surface area (Å²) in [6.45, 7) is 6.43. The third kappa shape index (κ3) is 3.19. The first-order chi connectivity index (χ1) is 8.22. The third-order valence-corrected chi connectivity index (χ3v) is 3.79. The Morgan fingerprint density at radius 3 is 2.88 bits per heavy atom. The van der Waals surface area contributed by atoms with Crippen LogP contribution in [0.2, 0.25) is 0 Å². The lowest BCUT2D eigenvalue weighted by Gasteiger charge is -2.40. The van der Waals surface area contributed by atoms with Crippen LogP contribution in [0.4, 0.5) is 0 Å². The second-order valence-electron chi connectivity index (χ2n) is 5.37. The van der Waals surface area contributed by atoms with E-state index < -0.39 is 0 Å². The van der Waals surface area contributed by atoms with E-state index >= 15 is 0 Å². The molecule has 0 aliphatic carbocycles. The molecular weight excluding hydrogens is 218 g/mol. The molecule has 0 spiro atoms. The van der Waals surface area contributed by atoms with Crippen LogP contribution < -0.4 is 0 Å². The minimum atomic E-state index is -0.0887. The highest BCUT2D eigenvalue weighted by Crippen LogP contribution is 2.28. The first-order valence-corrected chi connectivity index (χ1v) is 6.86. The van der Waals surface area contributed by atoms with E-state index in [-0.39, 0.29) is 19.0 Å². The van der Waals surface area contributed by atoms with Gasteiger partial charge in [-0.15, -0.1) is 0 Å². The fourth-order valence-corrected chi connectivity index (χ4v) is 2.88. The van der Waals surface area contributed by atoms with Gasteiger partial charge in [0.05, 0.1) is 18.8 Å². The van der Waals surface area contributed by atoms with E-state index in [9.17, 15) is 0 Å². The molecule has 0 bridgehead atoms. The maximum atomic E-state index is 8.92. The fourth-order valence-electron chi connectivity index (χ4n) is 2.88. The van der Waals surface area contributed by atoms with Crippen molar-refractivity contribution in [2.24, 2.45) is 0 Å². The summed E-state index contributed by atoms with van der Waals surface area (Å²) in [5.41, 5.74) is 0. The van der Waals surface area contributed by atoms with Gasteiger partial charge in [-0.05, 0) is 39.7 Å². The van der Waals surface area contributed by atoms with Crippen molar-refractivity contribution >= 4 is 0 Å². The van der Waals surface area contributed by atoms with Crippen LogP contribution in [-0.2, 0) is 9.47 Å². The number of rotatable bonds is 4. The lowest BCUT2D eigenvalue weighted by Crippen LogP contribution is -2.50. The number of piperidine rings is 1. The molecule has 2 aliphatic heterocycles. The Balaban J connectivity index is 1.91. The summed E-state index contributed by atoms with van der Waals surface area (Å²) >= 11 is 0. The molecule has 0 aromatic heterocycles. The number of hydrogen-bond acceptors (Lipinski definition) is 4. The highest BCUT2D eigenvalue weighted by atomic mass is 16.7. The van der Waals surface area contributed by atoms with Gasteiger partial charge in [0.1, 0.15) is 0 Å². The SMILES string of the molecule is CC(C)N1CCCCC1C1OCC(CCO)O1. The average Bonchev–Trinajstić information content (AvgIpc) is 2.78. The number of ether oxygens (including phenoxy) is 2. The van der Waals surface area contributed by atoms with Crippen molar-refractivity contribution in [2.75, 3.05) is 19.8 Å². The van der Waals surface area contributed by atoms with Gasteiger partial charge in [0.25, 0.3) is 0 Å². The van der Waals surface area contributed by atoms with Gasteiger partial charge in [-0.2, -0.15) is 0 Å². The topological polar surface area (TPSA) is 41.9 Å². The summed E-state index contributed by atoms with van der Waals surface area (Å²) in [5.74, 6) is 0. The molecule has 2 fully saturated rings. The van der Waals surface area contributed by atoms with Crippen molar-refractivity contribution in [3.8, 4) is 0 Å². The molecule has 4 nitrogen and oxygen atoms in total. The second kappa shape index (κ2) is 6.14. The van der Waals surface area contributed by atoms with E-state index in [0.29, 0.717) is 25.1 Å². The van der Waals surface area contributed by atoms with E-state index in [1.165, 1.54) is 12.8 Å². The molecule has 0 aromatic carbocycles. The van der Waals surface area contributed by atoms with E-state index in [1.54, 1.807) is 0 Å². The molecular formula is C13H25NO3. The Hall–Kier alpha value is -0.160. The summed E-state index contributed by atoms with van der Waals surface area (Å²) in [4.78, 5) is 2.50. The molecule has 2 saturated heterocycles. The van der Waals surface area contributed by atoms with Crippen LogP contribution in [0.5, 0.6) is 0 Å². The zero-order valence-corrected chi connectivity index (χ0v) is 11.0. The monoisotopic (exact) mass is 243 g/mol. The predicted molar refractivity (Wildman–Crippen MR) is 65.8 cm³/mol. The summed E-state index contributed by atoms with van der Waals surface area (Å²) in [6.07, 6.45) is 4.39. The predicted octanol–water partition coefficient (Wildman–Crippen LogP) is 1.37. The third-order valence-electron chi connectivity index (χ3n) is 3.79. The summed E-state index contributed by atoms with van der Waals surface area (Å²) in [7, 11) is 0. The van der Waals surface area contributed by atoms with E-state index in [0.717, 1.165) is 13.0 Å². The van der Waals surface area contributed by atoms with Crippen LogP contribution in [0.15, 0.2) is 0 Å². The summed E-state index contributed by atoms with van der Waals surface area (Å²) < 4.78 is 11.7. The Bertz CT molecular complexity index is 235. The Labute approximate surface area is 104 Å². The zero-order valence-electron chi connectivity index (χ0n) is 11.0. The molecule has 0 aromatic rings. The van der Waals surface area contributed by atoms with E-state index in [1.807, 2.05) is 0 Å². The smallest absolute Gasteiger partial charge is 0.173 e. The van der Waals surface area contributed by atoms with E-state index in [2.05, 4.69) is 18.7 Å². The lowest BCUT2D eigenvalue weighted by molar-refractivity contribution is -0.126. The molecule has 100 valence electrons. The largest absolute Gasteiger partial charge is 0.396 e. The Morgan fingerprint density at radius 2 is 2.18 bits per heavy atom. The van der Waals surface area contributed by atoms with Gasteiger partial charge in [0, 0.05) is 12.6 Å². The van der Waals surface area contributed by atoms with Crippen LogP contribution in [0.25, 0.3) is 0 Å².